The molecule has 100 valence electrons. The quantitative estimate of drug-likeness (QED) is 0.766. The highest BCUT2D eigenvalue weighted by molar-refractivity contribution is 6.02. The van der Waals surface area contributed by atoms with E-state index in [0.717, 1.165) is 6.07 Å². The van der Waals surface area contributed by atoms with Gasteiger partial charge in [0.25, 0.3) is 5.78 Å². The number of ether oxygens (including phenoxy) is 1. The number of hydrogen-bond donors (Lipinski definition) is 0. The van der Waals surface area contributed by atoms with E-state index in [1.165, 1.54) is 6.07 Å². The van der Waals surface area contributed by atoms with E-state index >= 15 is 0 Å². The minimum atomic E-state index is -4.89. The van der Waals surface area contributed by atoms with Gasteiger partial charge in [-0.15, -0.1) is 0 Å². The maximum atomic E-state index is 12.5. The van der Waals surface area contributed by atoms with E-state index in [2.05, 4.69) is 0 Å². The molecule has 0 N–H and O–H groups in total. The summed E-state index contributed by atoms with van der Waals surface area (Å²) in [6, 6.07) is 4.26. The van der Waals surface area contributed by atoms with Gasteiger partial charge in [0.1, 0.15) is 5.75 Å². The molecule has 0 aliphatic rings. The van der Waals surface area contributed by atoms with Crippen LogP contribution in [-0.4, -0.2) is 18.6 Å². The predicted octanol–water partition coefficient (Wildman–Crippen LogP) is 3.95. The van der Waals surface area contributed by atoms with Crippen LogP contribution in [0, 0.1) is 0 Å². The van der Waals surface area contributed by atoms with Crippen LogP contribution in [0.4, 0.5) is 13.2 Å². The highest BCUT2D eigenvalue weighted by Crippen LogP contribution is 2.34. The number of carbonyl (C=O) groups is 1. The summed E-state index contributed by atoms with van der Waals surface area (Å²) < 4.78 is 42.7. The third-order valence-corrected chi connectivity index (χ3v) is 2.46. The van der Waals surface area contributed by atoms with Gasteiger partial charge in [-0.25, -0.2) is 0 Å². The zero-order valence-corrected chi connectivity index (χ0v) is 10.5. The predicted molar refractivity (Wildman–Crippen MR) is 62.1 cm³/mol. The van der Waals surface area contributed by atoms with Gasteiger partial charge in [0.2, 0.25) is 0 Å². The first kappa shape index (κ1) is 14.5. The van der Waals surface area contributed by atoms with Gasteiger partial charge in [0.15, 0.2) is 0 Å². The fraction of sp³-hybridized carbons (Fsp3) is 0.462. The highest BCUT2D eigenvalue weighted by Gasteiger charge is 2.41. The van der Waals surface area contributed by atoms with Crippen molar-refractivity contribution in [3.63, 3.8) is 0 Å². The van der Waals surface area contributed by atoms with Gasteiger partial charge in [-0.2, -0.15) is 13.2 Å². The number of para-hydroxylation sites is 1. The number of hydrogen-bond acceptors (Lipinski definition) is 2. The van der Waals surface area contributed by atoms with Crippen molar-refractivity contribution in [3.8, 4) is 5.75 Å². The van der Waals surface area contributed by atoms with Crippen LogP contribution in [-0.2, 0) is 0 Å². The van der Waals surface area contributed by atoms with E-state index in [4.69, 9.17) is 4.74 Å². The molecule has 18 heavy (non-hydrogen) atoms. The summed E-state index contributed by atoms with van der Waals surface area (Å²) in [6.07, 6.45) is -4.89. The molecule has 0 radical (unpaired) electrons. The summed E-state index contributed by atoms with van der Waals surface area (Å²) in [5.74, 6) is -1.85. The summed E-state index contributed by atoms with van der Waals surface area (Å²) in [5, 5.41) is 0. The molecule has 0 aliphatic heterocycles. The fourth-order valence-electron chi connectivity index (χ4n) is 1.65. The molecule has 1 rings (SSSR count). The summed E-state index contributed by atoms with van der Waals surface area (Å²) in [4.78, 5) is 11.3. The van der Waals surface area contributed by atoms with Crippen LogP contribution in [0.5, 0.6) is 5.75 Å². The Morgan fingerprint density at radius 3 is 2.39 bits per heavy atom. The summed E-state index contributed by atoms with van der Waals surface area (Å²) >= 11 is 0. The van der Waals surface area contributed by atoms with E-state index in [0.29, 0.717) is 5.56 Å². The largest absolute Gasteiger partial charge is 0.493 e. The Balaban J connectivity index is 3.35. The molecule has 5 heteroatoms. The van der Waals surface area contributed by atoms with Crippen LogP contribution in [0.25, 0.3) is 0 Å². The molecule has 2 nitrogen and oxygen atoms in total. The Morgan fingerprint density at radius 1 is 1.33 bits per heavy atom. The molecule has 0 bridgehead atoms. The first-order chi connectivity index (χ1) is 8.29. The number of carbonyl (C=O) groups excluding carboxylic acids is 1. The van der Waals surface area contributed by atoms with E-state index in [1.807, 2.05) is 13.8 Å². The molecule has 0 amide bonds. The lowest BCUT2D eigenvalue weighted by Crippen LogP contribution is -2.24. The SMILES string of the molecule is CCOc1c(C(=O)C(F)(F)F)cccc1C(C)C. The standard InChI is InChI=1S/C13H15F3O2/c1-4-18-11-9(8(2)3)6-5-7-10(11)12(17)13(14,15)16/h5-8H,4H2,1-3H3. The van der Waals surface area contributed by atoms with Crippen molar-refractivity contribution in [2.24, 2.45) is 0 Å². The van der Waals surface area contributed by atoms with Crippen LogP contribution < -0.4 is 4.74 Å². The second-order valence-electron chi connectivity index (χ2n) is 4.14. The van der Waals surface area contributed by atoms with Gasteiger partial charge in [-0.05, 0) is 24.5 Å². The summed E-state index contributed by atoms with van der Waals surface area (Å²) in [6.45, 7) is 5.54. The molecular formula is C13H15F3O2. The minimum Gasteiger partial charge on any atom is -0.493 e. The Bertz CT molecular complexity index is 436. The average molecular weight is 260 g/mol. The third-order valence-electron chi connectivity index (χ3n) is 2.46. The molecule has 0 aromatic heterocycles. The second kappa shape index (κ2) is 5.42. The van der Waals surface area contributed by atoms with E-state index in [-0.39, 0.29) is 18.3 Å². The second-order valence-corrected chi connectivity index (χ2v) is 4.14. The topological polar surface area (TPSA) is 26.3 Å². The molecule has 0 aliphatic carbocycles. The zero-order valence-electron chi connectivity index (χ0n) is 10.5. The Hall–Kier alpha value is -1.52. The van der Waals surface area contributed by atoms with Gasteiger partial charge < -0.3 is 4.74 Å². The molecule has 1 aromatic carbocycles. The van der Waals surface area contributed by atoms with Gasteiger partial charge in [-0.3, -0.25) is 4.79 Å². The normalized spacial score (nSPS) is 11.7. The zero-order chi connectivity index (χ0) is 13.9. The number of ketones is 1. The summed E-state index contributed by atoms with van der Waals surface area (Å²) in [5.41, 5.74) is 0.183. The van der Waals surface area contributed by atoms with Crippen LogP contribution in [0.2, 0.25) is 0 Å². The lowest BCUT2D eigenvalue weighted by Gasteiger charge is -2.17. The Labute approximate surface area is 104 Å². The Morgan fingerprint density at radius 2 is 1.94 bits per heavy atom. The molecule has 1 aromatic rings. The van der Waals surface area contributed by atoms with Crippen molar-refractivity contribution in [2.45, 2.75) is 32.9 Å². The third kappa shape index (κ3) is 3.03. The first-order valence-electron chi connectivity index (χ1n) is 5.66. The number of Topliss-reactive ketones (excluding diaryl/α,β-unsaturated/α-hetero) is 1. The molecule has 0 heterocycles. The van der Waals surface area contributed by atoms with Gasteiger partial charge in [0.05, 0.1) is 12.2 Å². The van der Waals surface area contributed by atoms with Crippen molar-refractivity contribution in [3.05, 3.63) is 29.3 Å². The number of halogens is 3. The van der Waals surface area contributed by atoms with Crippen molar-refractivity contribution in [1.82, 2.24) is 0 Å². The number of benzene rings is 1. The van der Waals surface area contributed by atoms with Gasteiger partial charge in [-0.1, -0.05) is 26.0 Å². The smallest absolute Gasteiger partial charge is 0.455 e. The Kier molecular flexibility index (Phi) is 4.38. The molecule has 0 saturated carbocycles. The highest BCUT2D eigenvalue weighted by atomic mass is 19.4. The monoisotopic (exact) mass is 260 g/mol. The molecule has 0 saturated heterocycles. The summed E-state index contributed by atoms with van der Waals surface area (Å²) in [7, 11) is 0. The van der Waals surface area contributed by atoms with E-state index in [9.17, 15) is 18.0 Å². The first-order valence-corrected chi connectivity index (χ1v) is 5.66. The maximum absolute atomic E-state index is 12.5. The van der Waals surface area contributed by atoms with Crippen molar-refractivity contribution in [2.75, 3.05) is 6.61 Å². The molecule has 0 fully saturated rings. The van der Waals surface area contributed by atoms with Crippen LogP contribution in [0.1, 0.15) is 42.6 Å². The van der Waals surface area contributed by atoms with Gasteiger partial charge in [0, 0.05) is 0 Å². The lowest BCUT2D eigenvalue weighted by atomic mass is 9.97. The van der Waals surface area contributed by atoms with E-state index < -0.39 is 17.5 Å². The van der Waals surface area contributed by atoms with Crippen molar-refractivity contribution >= 4 is 5.78 Å². The maximum Gasteiger partial charge on any atom is 0.455 e. The molecular weight excluding hydrogens is 245 g/mol. The van der Waals surface area contributed by atoms with Gasteiger partial charge >= 0.3 is 6.18 Å². The fourth-order valence-corrected chi connectivity index (χ4v) is 1.65. The van der Waals surface area contributed by atoms with Crippen LogP contribution in [0.3, 0.4) is 0 Å². The van der Waals surface area contributed by atoms with Crippen molar-refractivity contribution < 1.29 is 22.7 Å². The minimum absolute atomic E-state index is 0.0208. The molecule has 0 atom stereocenters. The van der Waals surface area contributed by atoms with Crippen LogP contribution in [0.15, 0.2) is 18.2 Å². The van der Waals surface area contributed by atoms with Crippen molar-refractivity contribution in [1.29, 1.82) is 0 Å². The van der Waals surface area contributed by atoms with E-state index in [1.54, 1.807) is 13.0 Å². The number of alkyl halides is 3. The number of rotatable bonds is 4. The van der Waals surface area contributed by atoms with Crippen LogP contribution >= 0.6 is 0 Å². The molecule has 0 unspecified atom stereocenters. The lowest BCUT2D eigenvalue weighted by molar-refractivity contribution is -0.0886. The molecule has 0 spiro atoms. The average Bonchev–Trinajstić information content (AvgIpc) is 2.27.